The van der Waals surface area contributed by atoms with Gasteiger partial charge in [0.2, 0.25) is 0 Å². The van der Waals surface area contributed by atoms with Crippen molar-refractivity contribution in [1.82, 2.24) is 9.78 Å². The Morgan fingerprint density at radius 3 is 2.68 bits per heavy atom. The van der Waals surface area contributed by atoms with E-state index < -0.39 is 17.7 Å². The lowest BCUT2D eigenvalue weighted by molar-refractivity contribution is 0.134. The molecule has 9 heteroatoms. The van der Waals surface area contributed by atoms with Gasteiger partial charge >= 0.3 is 6.09 Å². The van der Waals surface area contributed by atoms with Gasteiger partial charge in [0, 0.05) is 37.5 Å². The van der Waals surface area contributed by atoms with E-state index in [0.717, 1.165) is 12.1 Å². The predicted molar refractivity (Wildman–Crippen MR) is 111 cm³/mol. The van der Waals surface area contributed by atoms with E-state index in [2.05, 4.69) is 10.4 Å². The molecule has 0 saturated heterocycles. The van der Waals surface area contributed by atoms with Crippen molar-refractivity contribution in [3.63, 3.8) is 0 Å². The molecule has 0 aliphatic carbocycles. The molecule has 1 heterocycles. The van der Waals surface area contributed by atoms with Crippen LogP contribution in [0.5, 0.6) is 0 Å². The van der Waals surface area contributed by atoms with Gasteiger partial charge in [0.05, 0.1) is 18.8 Å². The molecule has 0 bridgehead atoms. The number of anilines is 1. The second kappa shape index (κ2) is 10.4. The van der Waals surface area contributed by atoms with Gasteiger partial charge in [0.25, 0.3) is 5.56 Å². The third-order valence-corrected chi connectivity index (χ3v) is 4.31. The lowest BCUT2D eigenvalue weighted by Crippen LogP contribution is -2.23. The Kier molecular flexibility index (Phi) is 7.45. The van der Waals surface area contributed by atoms with E-state index in [1.807, 2.05) is 0 Å². The van der Waals surface area contributed by atoms with Crippen LogP contribution in [0.3, 0.4) is 0 Å². The number of carbonyl (C=O) groups excluding carboxylic acids is 1. The molecule has 3 aromatic rings. The summed E-state index contributed by atoms with van der Waals surface area (Å²) in [7, 11) is 1.57. The zero-order valence-electron chi connectivity index (χ0n) is 16.8. The number of rotatable bonds is 8. The first kappa shape index (κ1) is 22.1. The molecule has 31 heavy (non-hydrogen) atoms. The highest BCUT2D eigenvalue weighted by atomic mass is 19.2. The predicted octanol–water partition coefficient (Wildman–Crippen LogP) is 3.82. The number of hydrogen-bond donors (Lipinski definition) is 1. The van der Waals surface area contributed by atoms with Crippen molar-refractivity contribution in [1.29, 1.82) is 0 Å². The zero-order chi connectivity index (χ0) is 22.2. The highest BCUT2D eigenvalue weighted by Gasteiger charge is 2.09. The van der Waals surface area contributed by atoms with Crippen molar-refractivity contribution in [2.45, 2.75) is 13.0 Å². The van der Waals surface area contributed by atoms with Crippen molar-refractivity contribution >= 4 is 11.8 Å². The van der Waals surface area contributed by atoms with Crippen molar-refractivity contribution in [3.05, 3.63) is 82.1 Å². The number of nitrogens with zero attached hydrogens (tertiary/aromatic N) is 2. The molecule has 162 valence electrons. The summed E-state index contributed by atoms with van der Waals surface area (Å²) >= 11 is 0. The van der Waals surface area contributed by atoms with Crippen LogP contribution in [0.15, 0.2) is 59.4 Å². The van der Waals surface area contributed by atoms with Crippen molar-refractivity contribution < 1.29 is 23.0 Å². The minimum Gasteiger partial charge on any atom is -0.449 e. The number of amides is 1. The normalized spacial score (nSPS) is 10.7. The molecule has 0 atom stereocenters. The summed E-state index contributed by atoms with van der Waals surface area (Å²) in [6, 6.07) is 13.0. The van der Waals surface area contributed by atoms with Gasteiger partial charge in [0.15, 0.2) is 11.6 Å². The zero-order valence-corrected chi connectivity index (χ0v) is 16.8. The Balaban J connectivity index is 1.72. The summed E-state index contributed by atoms with van der Waals surface area (Å²) in [6.07, 6.45) is -0.00351. The molecule has 3 rings (SSSR count). The van der Waals surface area contributed by atoms with E-state index in [-0.39, 0.29) is 18.7 Å². The Morgan fingerprint density at radius 1 is 1.06 bits per heavy atom. The summed E-state index contributed by atoms with van der Waals surface area (Å²) < 4.78 is 37.9. The molecule has 0 unspecified atom stereocenters. The lowest BCUT2D eigenvalue weighted by atomic mass is 10.1. The lowest BCUT2D eigenvalue weighted by Gasteiger charge is -2.10. The first-order chi connectivity index (χ1) is 15.0. The fourth-order valence-corrected chi connectivity index (χ4v) is 2.81. The largest absolute Gasteiger partial charge is 0.449 e. The molecule has 0 saturated carbocycles. The maximum atomic E-state index is 13.5. The fourth-order valence-electron chi connectivity index (χ4n) is 2.81. The molecule has 0 fully saturated rings. The van der Waals surface area contributed by atoms with Gasteiger partial charge in [0.1, 0.15) is 0 Å². The van der Waals surface area contributed by atoms with E-state index >= 15 is 0 Å². The van der Waals surface area contributed by atoms with Crippen molar-refractivity contribution in [3.8, 4) is 11.3 Å². The first-order valence-corrected chi connectivity index (χ1v) is 9.51. The first-order valence-electron chi connectivity index (χ1n) is 9.51. The molecule has 2 aromatic carbocycles. The third kappa shape index (κ3) is 6.19. The summed E-state index contributed by atoms with van der Waals surface area (Å²) in [5.74, 6) is -1.96. The number of halogens is 2. The number of benzene rings is 2. The topological polar surface area (TPSA) is 82.4 Å². The van der Waals surface area contributed by atoms with E-state index in [1.165, 1.54) is 22.9 Å². The van der Waals surface area contributed by atoms with Crippen LogP contribution in [0.4, 0.5) is 19.3 Å². The van der Waals surface area contributed by atoms with Crippen LogP contribution in [0.1, 0.15) is 12.0 Å². The molecule has 0 aliphatic heterocycles. The van der Waals surface area contributed by atoms with Crippen LogP contribution in [0.2, 0.25) is 0 Å². The molecule has 0 aliphatic rings. The van der Waals surface area contributed by atoms with Crippen LogP contribution < -0.4 is 10.9 Å². The molecular weight excluding hydrogens is 408 g/mol. The van der Waals surface area contributed by atoms with E-state index in [0.29, 0.717) is 35.5 Å². The van der Waals surface area contributed by atoms with E-state index in [1.54, 1.807) is 31.4 Å². The molecule has 1 aromatic heterocycles. The van der Waals surface area contributed by atoms with Crippen LogP contribution in [0.25, 0.3) is 11.3 Å². The van der Waals surface area contributed by atoms with Crippen LogP contribution in [-0.2, 0) is 16.0 Å². The molecular formula is C22H21F2N3O4. The van der Waals surface area contributed by atoms with Gasteiger partial charge in [-0.15, -0.1) is 0 Å². The van der Waals surface area contributed by atoms with E-state index in [9.17, 15) is 18.4 Å². The quantitative estimate of drug-likeness (QED) is 0.551. The van der Waals surface area contributed by atoms with Gasteiger partial charge in [-0.1, -0.05) is 12.1 Å². The molecule has 0 spiro atoms. The smallest absolute Gasteiger partial charge is 0.411 e. The number of aromatic nitrogens is 2. The molecule has 1 N–H and O–H groups in total. The second-order valence-electron chi connectivity index (χ2n) is 6.65. The number of hydrogen-bond acceptors (Lipinski definition) is 5. The summed E-state index contributed by atoms with van der Waals surface area (Å²) in [5.41, 5.74) is 1.52. The number of nitrogens with one attached hydrogen (secondary N) is 1. The van der Waals surface area contributed by atoms with Gasteiger partial charge < -0.3 is 9.47 Å². The monoisotopic (exact) mass is 429 g/mol. The van der Waals surface area contributed by atoms with Gasteiger partial charge in [-0.3, -0.25) is 10.1 Å². The summed E-state index contributed by atoms with van der Waals surface area (Å²) in [5, 5.41) is 6.87. The van der Waals surface area contributed by atoms with Crippen molar-refractivity contribution in [2.75, 3.05) is 25.6 Å². The Bertz CT molecular complexity index is 1120. The standard InChI is InChI=1S/C22H21F2N3O4/c1-30-10-3-11-31-22(29)25-17-5-2-4-15(12-17)14-27-21(28)9-8-20(26-27)16-6-7-18(23)19(24)13-16/h2,4-9,12-13H,3,10-11,14H2,1H3,(H,25,29). The molecule has 7 nitrogen and oxygen atoms in total. The highest BCUT2D eigenvalue weighted by molar-refractivity contribution is 5.84. The maximum absolute atomic E-state index is 13.5. The number of carbonyl (C=O) groups is 1. The molecule has 0 radical (unpaired) electrons. The van der Waals surface area contributed by atoms with Crippen LogP contribution in [0, 0.1) is 11.6 Å². The number of methoxy groups -OCH3 is 1. The second-order valence-corrected chi connectivity index (χ2v) is 6.65. The third-order valence-electron chi connectivity index (χ3n) is 4.31. The van der Waals surface area contributed by atoms with Gasteiger partial charge in [-0.2, -0.15) is 5.10 Å². The fraction of sp³-hybridized carbons (Fsp3) is 0.227. The Labute approximate surface area is 177 Å². The minimum atomic E-state index is -0.995. The average Bonchev–Trinajstić information content (AvgIpc) is 2.75. The van der Waals surface area contributed by atoms with Crippen molar-refractivity contribution in [2.24, 2.45) is 0 Å². The van der Waals surface area contributed by atoms with Gasteiger partial charge in [-0.05, 0) is 42.0 Å². The van der Waals surface area contributed by atoms with E-state index in [4.69, 9.17) is 9.47 Å². The highest BCUT2D eigenvalue weighted by Crippen LogP contribution is 2.19. The Hall–Kier alpha value is -3.59. The van der Waals surface area contributed by atoms with Gasteiger partial charge in [-0.25, -0.2) is 18.3 Å². The minimum absolute atomic E-state index is 0.120. The summed E-state index contributed by atoms with van der Waals surface area (Å²) in [6.45, 7) is 0.846. The Morgan fingerprint density at radius 2 is 1.90 bits per heavy atom. The van der Waals surface area contributed by atoms with Crippen LogP contribution >= 0.6 is 0 Å². The average molecular weight is 429 g/mol. The number of ether oxygens (including phenoxy) is 2. The maximum Gasteiger partial charge on any atom is 0.411 e. The SMILES string of the molecule is COCCCOC(=O)Nc1cccc(Cn2nc(-c3ccc(F)c(F)c3)ccc2=O)c1. The molecule has 1 amide bonds. The van der Waals surface area contributed by atoms with Crippen LogP contribution in [-0.4, -0.2) is 36.2 Å². The summed E-state index contributed by atoms with van der Waals surface area (Å²) in [4.78, 5) is 24.1.